The number of hydrogen-bond donors (Lipinski definition) is 1. The molecule has 1 aliphatic heterocycles. The number of nitrogens with one attached hydrogen (secondary N) is 1. The fourth-order valence-corrected chi connectivity index (χ4v) is 2.88. The minimum absolute atomic E-state index is 0.236. The van der Waals surface area contributed by atoms with Gasteiger partial charge in [0, 0.05) is 22.7 Å². The molecule has 2 heterocycles. The van der Waals surface area contributed by atoms with Crippen molar-refractivity contribution in [1.82, 2.24) is 9.88 Å². The van der Waals surface area contributed by atoms with Gasteiger partial charge in [0.1, 0.15) is 0 Å². The van der Waals surface area contributed by atoms with Gasteiger partial charge in [-0.3, -0.25) is 9.69 Å². The average molecular weight is 256 g/mol. The highest BCUT2D eigenvalue weighted by molar-refractivity contribution is 6.08. The number of carbonyl (C=O) groups excluding carboxylic acids is 1. The standard InChI is InChI=1S/C16H20N2O/c19-16(12-18-9-5-1-2-6-10-18)14-11-17-15-8-4-3-7-13(14)15/h3-4,7-8,11,17H,1-2,5-6,9-10,12H2. The largest absolute Gasteiger partial charge is 0.360 e. The molecule has 0 aliphatic carbocycles. The number of fused-ring (bicyclic) bond motifs is 1. The summed E-state index contributed by atoms with van der Waals surface area (Å²) in [5.41, 5.74) is 1.88. The van der Waals surface area contributed by atoms with Gasteiger partial charge in [0.15, 0.2) is 5.78 Å². The molecule has 0 radical (unpaired) electrons. The van der Waals surface area contributed by atoms with Gasteiger partial charge in [0.05, 0.1) is 6.54 Å². The summed E-state index contributed by atoms with van der Waals surface area (Å²) in [5, 5.41) is 1.04. The molecule has 1 aromatic carbocycles. The van der Waals surface area contributed by atoms with E-state index in [-0.39, 0.29) is 5.78 Å². The zero-order chi connectivity index (χ0) is 13.1. The normalized spacial score (nSPS) is 17.5. The molecule has 1 N–H and O–H groups in total. The van der Waals surface area contributed by atoms with Crippen LogP contribution < -0.4 is 0 Å². The number of likely N-dealkylation sites (tertiary alicyclic amines) is 1. The van der Waals surface area contributed by atoms with Crippen LogP contribution in [0.5, 0.6) is 0 Å². The summed E-state index contributed by atoms with van der Waals surface area (Å²) >= 11 is 0. The molecule has 1 saturated heterocycles. The maximum atomic E-state index is 12.4. The Morgan fingerprint density at radius 3 is 2.63 bits per heavy atom. The third kappa shape index (κ3) is 2.71. The van der Waals surface area contributed by atoms with Crippen molar-refractivity contribution >= 4 is 16.7 Å². The average Bonchev–Trinajstić information content (AvgIpc) is 2.70. The van der Waals surface area contributed by atoms with Crippen molar-refractivity contribution in [3.63, 3.8) is 0 Å². The van der Waals surface area contributed by atoms with Crippen molar-refractivity contribution in [2.75, 3.05) is 19.6 Å². The quantitative estimate of drug-likeness (QED) is 0.856. The van der Waals surface area contributed by atoms with Crippen molar-refractivity contribution in [2.24, 2.45) is 0 Å². The number of Topliss-reactive ketones (excluding diaryl/α,β-unsaturated/α-hetero) is 1. The molecule has 3 nitrogen and oxygen atoms in total. The van der Waals surface area contributed by atoms with Crippen LogP contribution in [0.1, 0.15) is 36.0 Å². The molecule has 1 aliphatic rings. The summed E-state index contributed by atoms with van der Waals surface area (Å²) < 4.78 is 0. The Hall–Kier alpha value is -1.61. The first-order chi connectivity index (χ1) is 9.34. The van der Waals surface area contributed by atoms with E-state index >= 15 is 0 Å². The number of aromatic nitrogens is 1. The Morgan fingerprint density at radius 1 is 1.11 bits per heavy atom. The maximum Gasteiger partial charge on any atom is 0.178 e. The van der Waals surface area contributed by atoms with E-state index in [0.717, 1.165) is 29.6 Å². The lowest BCUT2D eigenvalue weighted by Gasteiger charge is -2.18. The van der Waals surface area contributed by atoms with Crippen molar-refractivity contribution in [3.8, 4) is 0 Å². The predicted octanol–water partition coefficient (Wildman–Crippen LogP) is 3.23. The molecular formula is C16H20N2O. The number of H-pyrrole nitrogens is 1. The molecule has 1 aromatic heterocycles. The Bertz CT molecular complexity index is 565. The van der Waals surface area contributed by atoms with Crippen molar-refractivity contribution in [1.29, 1.82) is 0 Å². The molecule has 0 atom stereocenters. The van der Waals surface area contributed by atoms with Gasteiger partial charge >= 0.3 is 0 Å². The Morgan fingerprint density at radius 2 is 1.84 bits per heavy atom. The SMILES string of the molecule is O=C(CN1CCCCCC1)c1c[nH]c2ccccc12. The molecule has 0 saturated carbocycles. The van der Waals surface area contributed by atoms with Crippen molar-refractivity contribution < 1.29 is 4.79 Å². The van der Waals surface area contributed by atoms with Crippen LogP contribution in [0.15, 0.2) is 30.5 Å². The van der Waals surface area contributed by atoms with E-state index in [1.165, 1.54) is 25.7 Å². The van der Waals surface area contributed by atoms with Gasteiger partial charge in [0.25, 0.3) is 0 Å². The number of para-hydroxylation sites is 1. The zero-order valence-corrected chi connectivity index (χ0v) is 11.2. The smallest absolute Gasteiger partial charge is 0.178 e. The monoisotopic (exact) mass is 256 g/mol. The maximum absolute atomic E-state index is 12.4. The van der Waals surface area contributed by atoms with Crippen LogP contribution in [-0.4, -0.2) is 35.3 Å². The number of aromatic amines is 1. The lowest BCUT2D eigenvalue weighted by atomic mass is 10.1. The van der Waals surface area contributed by atoms with Crippen LogP contribution in [0, 0.1) is 0 Å². The van der Waals surface area contributed by atoms with Gasteiger partial charge in [0.2, 0.25) is 0 Å². The topological polar surface area (TPSA) is 36.1 Å². The summed E-state index contributed by atoms with van der Waals surface area (Å²) in [6.45, 7) is 2.68. The molecule has 3 heteroatoms. The van der Waals surface area contributed by atoms with Crippen LogP contribution in [0.3, 0.4) is 0 Å². The predicted molar refractivity (Wildman–Crippen MR) is 77.5 cm³/mol. The molecule has 1 fully saturated rings. The van der Waals surface area contributed by atoms with Crippen LogP contribution >= 0.6 is 0 Å². The summed E-state index contributed by atoms with van der Waals surface area (Å²) in [6.07, 6.45) is 6.91. The van der Waals surface area contributed by atoms with E-state index in [4.69, 9.17) is 0 Å². The number of rotatable bonds is 3. The van der Waals surface area contributed by atoms with Crippen molar-refractivity contribution in [3.05, 3.63) is 36.0 Å². The number of nitrogens with zero attached hydrogens (tertiary/aromatic N) is 1. The highest BCUT2D eigenvalue weighted by atomic mass is 16.1. The number of hydrogen-bond acceptors (Lipinski definition) is 2. The van der Waals surface area contributed by atoms with Gasteiger partial charge in [-0.15, -0.1) is 0 Å². The summed E-state index contributed by atoms with van der Waals surface area (Å²) in [7, 11) is 0. The fraction of sp³-hybridized carbons (Fsp3) is 0.438. The second-order valence-electron chi connectivity index (χ2n) is 5.36. The minimum Gasteiger partial charge on any atom is -0.360 e. The Balaban J connectivity index is 1.76. The minimum atomic E-state index is 0.236. The van der Waals surface area contributed by atoms with Gasteiger partial charge in [-0.1, -0.05) is 31.0 Å². The highest BCUT2D eigenvalue weighted by Gasteiger charge is 2.16. The second kappa shape index (κ2) is 5.57. The van der Waals surface area contributed by atoms with Gasteiger partial charge in [-0.05, 0) is 32.0 Å². The molecule has 3 rings (SSSR count). The number of ketones is 1. The van der Waals surface area contributed by atoms with Crippen LogP contribution in [0.4, 0.5) is 0 Å². The zero-order valence-electron chi connectivity index (χ0n) is 11.2. The van der Waals surface area contributed by atoms with Crippen molar-refractivity contribution in [2.45, 2.75) is 25.7 Å². The van der Waals surface area contributed by atoms with Crippen LogP contribution in [0.2, 0.25) is 0 Å². The highest BCUT2D eigenvalue weighted by Crippen LogP contribution is 2.19. The third-order valence-electron chi connectivity index (χ3n) is 3.96. The third-order valence-corrected chi connectivity index (χ3v) is 3.96. The van der Waals surface area contributed by atoms with E-state index in [1.807, 2.05) is 30.5 Å². The van der Waals surface area contributed by atoms with Gasteiger partial charge in [-0.2, -0.15) is 0 Å². The Labute approximate surface area is 113 Å². The second-order valence-corrected chi connectivity index (χ2v) is 5.36. The number of benzene rings is 1. The molecule has 0 bridgehead atoms. The fourth-order valence-electron chi connectivity index (χ4n) is 2.88. The van der Waals surface area contributed by atoms with E-state index in [0.29, 0.717) is 6.54 Å². The van der Waals surface area contributed by atoms with Crippen LogP contribution in [-0.2, 0) is 0 Å². The lowest BCUT2D eigenvalue weighted by Crippen LogP contribution is -2.30. The van der Waals surface area contributed by atoms with E-state index in [2.05, 4.69) is 9.88 Å². The molecule has 100 valence electrons. The molecule has 0 unspecified atom stereocenters. The first-order valence-corrected chi connectivity index (χ1v) is 7.16. The molecule has 19 heavy (non-hydrogen) atoms. The van der Waals surface area contributed by atoms with E-state index < -0.39 is 0 Å². The first-order valence-electron chi connectivity index (χ1n) is 7.16. The first kappa shape index (κ1) is 12.4. The summed E-state index contributed by atoms with van der Waals surface area (Å²) in [5.74, 6) is 0.236. The summed E-state index contributed by atoms with van der Waals surface area (Å²) in [4.78, 5) is 17.9. The van der Waals surface area contributed by atoms with E-state index in [9.17, 15) is 4.79 Å². The summed E-state index contributed by atoms with van der Waals surface area (Å²) in [6, 6.07) is 8.00. The lowest BCUT2D eigenvalue weighted by molar-refractivity contribution is 0.0934. The molecule has 0 amide bonds. The molecule has 0 spiro atoms. The van der Waals surface area contributed by atoms with Gasteiger partial charge < -0.3 is 4.98 Å². The Kier molecular flexibility index (Phi) is 3.65. The molecular weight excluding hydrogens is 236 g/mol. The van der Waals surface area contributed by atoms with Crippen LogP contribution in [0.25, 0.3) is 10.9 Å². The van der Waals surface area contributed by atoms with Gasteiger partial charge in [-0.25, -0.2) is 0 Å². The van der Waals surface area contributed by atoms with E-state index in [1.54, 1.807) is 0 Å². The molecule has 2 aromatic rings. The number of carbonyl (C=O) groups is 1.